The van der Waals surface area contributed by atoms with E-state index in [-0.39, 0.29) is 6.04 Å². The molecule has 5 heteroatoms. The predicted molar refractivity (Wildman–Crippen MR) is 77.0 cm³/mol. The van der Waals surface area contributed by atoms with Gasteiger partial charge in [-0.2, -0.15) is 5.10 Å². The molecule has 1 aromatic carbocycles. The number of halogens is 1. The Kier molecular flexibility index (Phi) is 4.69. The molecule has 0 aliphatic rings. The lowest BCUT2D eigenvalue weighted by atomic mass is 10.2. The van der Waals surface area contributed by atoms with Crippen LogP contribution in [0.4, 0.5) is 0 Å². The van der Waals surface area contributed by atoms with Crippen LogP contribution in [0.3, 0.4) is 0 Å². The van der Waals surface area contributed by atoms with E-state index in [1.165, 1.54) is 0 Å². The molecule has 0 aliphatic heterocycles. The van der Waals surface area contributed by atoms with Gasteiger partial charge in [-0.3, -0.25) is 4.68 Å². The van der Waals surface area contributed by atoms with E-state index in [4.69, 9.17) is 17.3 Å². The fourth-order valence-electron chi connectivity index (χ4n) is 1.75. The lowest BCUT2D eigenvalue weighted by Gasteiger charge is -2.13. The Balaban J connectivity index is 2.01. The molecule has 1 atom stereocenters. The molecular weight excluding hydrogens is 266 g/mol. The summed E-state index contributed by atoms with van der Waals surface area (Å²) in [5, 5.41) is 5.01. The maximum Gasteiger partial charge on any atom is 0.0562 e. The van der Waals surface area contributed by atoms with E-state index < -0.39 is 0 Å². The summed E-state index contributed by atoms with van der Waals surface area (Å²) in [5.74, 6) is 0.787. The van der Waals surface area contributed by atoms with Crippen LogP contribution in [0.25, 0.3) is 0 Å². The summed E-state index contributed by atoms with van der Waals surface area (Å²) in [4.78, 5) is 1.07. The van der Waals surface area contributed by atoms with Crippen LogP contribution in [-0.2, 0) is 6.54 Å². The third-order valence-corrected chi connectivity index (χ3v) is 4.32. The van der Waals surface area contributed by atoms with Crippen LogP contribution in [0, 0.1) is 0 Å². The Bertz CT molecular complexity index is 512. The average Bonchev–Trinajstić information content (AvgIpc) is 2.86. The fourth-order valence-corrected chi connectivity index (χ4v) is 2.96. The number of hydrogen-bond acceptors (Lipinski definition) is 3. The molecule has 0 amide bonds. The first-order valence-electron chi connectivity index (χ1n) is 5.87. The average molecular weight is 282 g/mol. The maximum atomic E-state index is 6.19. The molecule has 2 rings (SSSR count). The number of thioether (sulfide) groups is 1. The number of benzene rings is 1. The van der Waals surface area contributed by atoms with Gasteiger partial charge in [-0.1, -0.05) is 23.7 Å². The first kappa shape index (κ1) is 13.5. The summed E-state index contributed by atoms with van der Waals surface area (Å²) >= 11 is 7.79. The standard InChI is InChI=1S/C13H16ClN3S/c1-2-17-12(7-8-16-17)11(15)9-18-13-6-4-3-5-10(13)14/h3-8,11H,2,9,15H2,1H3. The van der Waals surface area contributed by atoms with Gasteiger partial charge in [0.2, 0.25) is 0 Å². The van der Waals surface area contributed by atoms with E-state index in [1.54, 1.807) is 18.0 Å². The topological polar surface area (TPSA) is 43.8 Å². The second-order valence-electron chi connectivity index (χ2n) is 3.92. The zero-order chi connectivity index (χ0) is 13.0. The van der Waals surface area contributed by atoms with Gasteiger partial charge in [-0.15, -0.1) is 11.8 Å². The van der Waals surface area contributed by atoms with Crippen molar-refractivity contribution in [2.45, 2.75) is 24.4 Å². The molecule has 0 fully saturated rings. The first-order chi connectivity index (χ1) is 8.72. The molecule has 96 valence electrons. The third kappa shape index (κ3) is 3.07. The summed E-state index contributed by atoms with van der Waals surface area (Å²) < 4.78 is 1.93. The zero-order valence-electron chi connectivity index (χ0n) is 10.2. The predicted octanol–water partition coefficient (Wildman–Crippen LogP) is 3.35. The van der Waals surface area contributed by atoms with Gasteiger partial charge in [0.25, 0.3) is 0 Å². The minimum atomic E-state index is -0.0336. The van der Waals surface area contributed by atoms with Crippen LogP contribution in [0.15, 0.2) is 41.4 Å². The van der Waals surface area contributed by atoms with Crippen LogP contribution in [0.1, 0.15) is 18.7 Å². The minimum Gasteiger partial charge on any atom is -0.322 e. The van der Waals surface area contributed by atoms with Crippen molar-refractivity contribution in [3.63, 3.8) is 0 Å². The van der Waals surface area contributed by atoms with Crippen LogP contribution in [-0.4, -0.2) is 15.5 Å². The summed E-state index contributed by atoms with van der Waals surface area (Å²) in [6, 6.07) is 9.76. The Labute approximate surface area is 116 Å². The summed E-state index contributed by atoms with van der Waals surface area (Å²) in [5.41, 5.74) is 7.26. The molecule has 0 radical (unpaired) electrons. The largest absolute Gasteiger partial charge is 0.322 e. The second kappa shape index (κ2) is 6.27. The van der Waals surface area contributed by atoms with Gasteiger partial charge >= 0.3 is 0 Å². The van der Waals surface area contributed by atoms with Gasteiger partial charge in [-0.25, -0.2) is 0 Å². The van der Waals surface area contributed by atoms with E-state index in [0.717, 1.165) is 27.9 Å². The van der Waals surface area contributed by atoms with Gasteiger partial charge in [0, 0.05) is 23.4 Å². The molecular formula is C13H16ClN3S. The Morgan fingerprint density at radius 2 is 2.17 bits per heavy atom. The number of rotatable bonds is 5. The molecule has 0 saturated carbocycles. The molecule has 18 heavy (non-hydrogen) atoms. The van der Waals surface area contributed by atoms with Crippen molar-refractivity contribution in [2.75, 3.05) is 5.75 Å². The van der Waals surface area contributed by atoms with Crippen LogP contribution >= 0.6 is 23.4 Å². The van der Waals surface area contributed by atoms with E-state index in [1.807, 2.05) is 35.0 Å². The fraction of sp³-hybridized carbons (Fsp3) is 0.308. The van der Waals surface area contributed by atoms with Crippen molar-refractivity contribution in [3.8, 4) is 0 Å². The molecule has 0 spiro atoms. The monoisotopic (exact) mass is 281 g/mol. The van der Waals surface area contributed by atoms with Gasteiger partial charge in [0.1, 0.15) is 0 Å². The highest BCUT2D eigenvalue weighted by Crippen LogP contribution is 2.29. The Morgan fingerprint density at radius 3 is 2.89 bits per heavy atom. The number of hydrogen-bond donors (Lipinski definition) is 1. The highest BCUT2D eigenvalue weighted by atomic mass is 35.5. The number of nitrogens with zero attached hydrogens (tertiary/aromatic N) is 2. The molecule has 0 saturated heterocycles. The SMILES string of the molecule is CCn1nccc1C(N)CSc1ccccc1Cl. The molecule has 2 N–H and O–H groups in total. The third-order valence-electron chi connectivity index (χ3n) is 2.68. The van der Waals surface area contributed by atoms with Crippen LogP contribution in [0.2, 0.25) is 5.02 Å². The lowest BCUT2D eigenvalue weighted by Crippen LogP contribution is -2.18. The quantitative estimate of drug-likeness (QED) is 0.855. The highest BCUT2D eigenvalue weighted by Gasteiger charge is 2.12. The zero-order valence-corrected chi connectivity index (χ0v) is 11.8. The normalized spacial score (nSPS) is 12.6. The Morgan fingerprint density at radius 1 is 1.39 bits per heavy atom. The second-order valence-corrected chi connectivity index (χ2v) is 5.39. The van der Waals surface area contributed by atoms with Crippen molar-refractivity contribution in [1.29, 1.82) is 0 Å². The van der Waals surface area contributed by atoms with Crippen molar-refractivity contribution in [1.82, 2.24) is 9.78 Å². The molecule has 0 aliphatic carbocycles. The number of aromatic nitrogens is 2. The van der Waals surface area contributed by atoms with Crippen molar-refractivity contribution in [3.05, 3.63) is 47.2 Å². The maximum absolute atomic E-state index is 6.19. The molecule has 1 unspecified atom stereocenters. The van der Waals surface area contributed by atoms with E-state index in [2.05, 4.69) is 12.0 Å². The van der Waals surface area contributed by atoms with Gasteiger partial charge in [-0.05, 0) is 25.1 Å². The number of aryl methyl sites for hydroxylation is 1. The Hall–Kier alpha value is -0.970. The number of nitrogens with two attached hydrogens (primary N) is 1. The summed E-state index contributed by atoms with van der Waals surface area (Å²) in [6.45, 7) is 2.90. The smallest absolute Gasteiger partial charge is 0.0562 e. The lowest BCUT2D eigenvalue weighted by molar-refractivity contribution is 0.593. The minimum absolute atomic E-state index is 0.0336. The van der Waals surface area contributed by atoms with Gasteiger partial charge in [0.15, 0.2) is 0 Å². The van der Waals surface area contributed by atoms with Gasteiger partial charge < -0.3 is 5.73 Å². The van der Waals surface area contributed by atoms with Crippen LogP contribution < -0.4 is 5.73 Å². The first-order valence-corrected chi connectivity index (χ1v) is 7.23. The highest BCUT2D eigenvalue weighted by molar-refractivity contribution is 7.99. The summed E-state index contributed by atoms with van der Waals surface area (Å²) in [6.07, 6.45) is 1.79. The van der Waals surface area contributed by atoms with E-state index in [9.17, 15) is 0 Å². The molecule has 2 aromatic rings. The van der Waals surface area contributed by atoms with Crippen molar-refractivity contribution < 1.29 is 0 Å². The van der Waals surface area contributed by atoms with Crippen molar-refractivity contribution >= 4 is 23.4 Å². The van der Waals surface area contributed by atoms with Crippen molar-refractivity contribution in [2.24, 2.45) is 5.73 Å². The molecule has 1 heterocycles. The molecule has 0 bridgehead atoms. The summed E-state index contributed by atoms with van der Waals surface area (Å²) in [7, 11) is 0. The molecule has 3 nitrogen and oxygen atoms in total. The van der Waals surface area contributed by atoms with Crippen LogP contribution in [0.5, 0.6) is 0 Å². The molecule has 1 aromatic heterocycles. The van der Waals surface area contributed by atoms with E-state index >= 15 is 0 Å². The van der Waals surface area contributed by atoms with Gasteiger partial charge in [0.05, 0.1) is 16.8 Å². The van der Waals surface area contributed by atoms with E-state index in [0.29, 0.717) is 0 Å².